The molecule has 7 heteroatoms. The van der Waals surface area contributed by atoms with Crippen molar-refractivity contribution in [3.8, 4) is 0 Å². The smallest absolute Gasteiger partial charge is 0.326 e. The van der Waals surface area contributed by atoms with Gasteiger partial charge in [-0.3, -0.25) is 9.48 Å². The third-order valence-corrected chi connectivity index (χ3v) is 3.15. The molecular formula is C11H16ClN3O3. The SMILES string of the molecule is Cc1c(Cl)c(C(=O)N[C@@H](C(=O)O)C(C)C)nn1C. The van der Waals surface area contributed by atoms with Crippen molar-refractivity contribution in [3.05, 3.63) is 16.4 Å². The number of hydrogen-bond acceptors (Lipinski definition) is 3. The molecule has 0 spiro atoms. The molecule has 0 aliphatic rings. The topological polar surface area (TPSA) is 84.2 Å². The Bertz CT molecular complexity index is 482. The van der Waals surface area contributed by atoms with Gasteiger partial charge in [0.05, 0.1) is 10.7 Å². The van der Waals surface area contributed by atoms with Gasteiger partial charge in [0.25, 0.3) is 5.91 Å². The van der Waals surface area contributed by atoms with Crippen LogP contribution < -0.4 is 5.32 Å². The van der Waals surface area contributed by atoms with Crippen molar-refractivity contribution in [1.29, 1.82) is 0 Å². The van der Waals surface area contributed by atoms with Gasteiger partial charge in [-0.2, -0.15) is 5.10 Å². The lowest BCUT2D eigenvalue weighted by Gasteiger charge is -2.17. The van der Waals surface area contributed by atoms with E-state index in [1.807, 2.05) is 0 Å². The van der Waals surface area contributed by atoms with E-state index in [0.29, 0.717) is 5.69 Å². The van der Waals surface area contributed by atoms with Gasteiger partial charge in [0, 0.05) is 7.05 Å². The van der Waals surface area contributed by atoms with Crippen LogP contribution in [-0.2, 0) is 11.8 Å². The Balaban J connectivity index is 2.94. The minimum Gasteiger partial charge on any atom is -0.480 e. The fraction of sp³-hybridized carbons (Fsp3) is 0.545. The molecule has 0 unspecified atom stereocenters. The molecule has 1 heterocycles. The molecule has 2 N–H and O–H groups in total. The lowest BCUT2D eigenvalue weighted by molar-refractivity contribution is -0.140. The molecule has 0 saturated carbocycles. The van der Waals surface area contributed by atoms with Crippen LogP contribution >= 0.6 is 11.6 Å². The third-order valence-electron chi connectivity index (χ3n) is 2.70. The number of aromatic nitrogens is 2. The first-order valence-corrected chi connectivity index (χ1v) is 5.86. The molecular weight excluding hydrogens is 258 g/mol. The van der Waals surface area contributed by atoms with Gasteiger partial charge in [-0.25, -0.2) is 4.79 Å². The van der Waals surface area contributed by atoms with Crippen molar-refractivity contribution in [2.75, 3.05) is 0 Å². The minimum atomic E-state index is -1.08. The first-order chi connectivity index (χ1) is 8.25. The van der Waals surface area contributed by atoms with Crippen LogP contribution in [0.2, 0.25) is 5.02 Å². The molecule has 0 aromatic carbocycles. The second-order valence-corrected chi connectivity index (χ2v) is 4.78. The van der Waals surface area contributed by atoms with E-state index >= 15 is 0 Å². The molecule has 1 aromatic rings. The maximum Gasteiger partial charge on any atom is 0.326 e. The van der Waals surface area contributed by atoms with Crippen molar-refractivity contribution < 1.29 is 14.7 Å². The van der Waals surface area contributed by atoms with Crippen molar-refractivity contribution >= 4 is 23.5 Å². The fourth-order valence-electron chi connectivity index (χ4n) is 1.45. The summed E-state index contributed by atoms with van der Waals surface area (Å²) < 4.78 is 1.47. The first-order valence-electron chi connectivity index (χ1n) is 5.48. The van der Waals surface area contributed by atoms with E-state index in [-0.39, 0.29) is 16.6 Å². The van der Waals surface area contributed by atoms with Gasteiger partial charge in [-0.15, -0.1) is 0 Å². The van der Waals surface area contributed by atoms with Crippen LogP contribution in [-0.4, -0.2) is 32.8 Å². The first kappa shape index (κ1) is 14.5. The Morgan fingerprint density at radius 2 is 2.00 bits per heavy atom. The Morgan fingerprint density at radius 3 is 2.33 bits per heavy atom. The van der Waals surface area contributed by atoms with Crippen LogP contribution in [0.1, 0.15) is 30.0 Å². The van der Waals surface area contributed by atoms with Crippen molar-refractivity contribution in [2.45, 2.75) is 26.8 Å². The predicted octanol–water partition coefficient (Wildman–Crippen LogP) is 1.22. The summed E-state index contributed by atoms with van der Waals surface area (Å²) in [6.45, 7) is 5.15. The molecule has 0 bridgehead atoms. The summed E-state index contributed by atoms with van der Waals surface area (Å²) in [7, 11) is 1.66. The molecule has 0 fully saturated rings. The molecule has 1 aromatic heterocycles. The van der Waals surface area contributed by atoms with E-state index in [0.717, 1.165) is 0 Å². The monoisotopic (exact) mass is 273 g/mol. The number of carbonyl (C=O) groups excluding carboxylic acids is 1. The van der Waals surface area contributed by atoms with Gasteiger partial charge < -0.3 is 10.4 Å². The Hall–Kier alpha value is -1.56. The van der Waals surface area contributed by atoms with Gasteiger partial charge in [0.15, 0.2) is 5.69 Å². The summed E-state index contributed by atoms with van der Waals surface area (Å²) in [6, 6.07) is -0.962. The maximum atomic E-state index is 11.9. The zero-order valence-corrected chi connectivity index (χ0v) is 11.4. The summed E-state index contributed by atoms with van der Waals surface area (Å²) in [4.78, 5) is 22.9. The lowest BCUT2D eigenvalue weighted by Crippen LogP contribution is -2.44. The maximum absolute atomic E-state index is 11.9. The van der Waals surface area contributed by atoms with E-state index in [9.17, 15) is 9.59 Å². The van der Waals surface area contributed by atoms with Gasteiger partial charge in [-0.05, 0) is 12.8 Å². The second-order valence-electron chi connectivity index (χ2n) is 4.40. The highest BCUT2D eigenvalue weighted by atomic mass is 35.5. The van der Waals surface area contributed by atoms with E-state index in [2.05, 4.69) is 10.4 Å². The minimum absolute atomic E-state index is 0.0450. The number of rotatable bonds is 4. The number of carbonyl (C=O) groups is 2. The zero-order valence-electron chi connectivity index (χ0n) is 10.7. The number of halogens is 1. The molecule has 0 radical (unpaired) electrons. The fourth-order valence-corrected chi connectivity index (χ4v) is 1.70. The molecule has 0 aliphatic heterocycles. The Kier molecular flexibility index (Phi) is 4.34. The van der Waals surface area contributed by atoms with Crippen LogP contribution in [0.4, 0.5) is 0 Å². The highest BCUT2D eigenvalue weighted by Gasteiger charge is 2.26. The highest BCUT2D eigenvalue weighted by Crippen LogP contribution is 2.19. The van der Waals surface area contributed by atoms with E-state index in [4.69, 9.17) is 16.7 Å². The molecule has 1 rings (SSSR count). The molecule has 18 heavy (non-hydrogen) atoms. The van der Waals surface area contributed by atoms with E-state index in [1.165, 1.54) is 4.68 Å². The number of amides is 1. The highest BCUT2D eigenvalue weighted by molar-refractivity contribution is 6.34. The number of carboxylic acid groups (broad SMARTS) is 1. The molecule has 100 valence electrons. The standard InChI is InChI=1S/C11H16ClN3O3/c1-5(2)8(11(17)18)13-10(16)9-7(12)6(3)15(4)14-9/h5,8H,1-4H3,(H,13,16)(H,17,18)/t8-/m1/s1. The molecule has 1 atom stereocenters. The second kappa shape index (κ2) is 5.39. The quantitative estimate of drug-likeness (QED) is 0.864. The summed E-state index contributed by atoms with van der Waals surface area (Å²) in [5.41, 5.74) is 0.696. The lowest BCUT2D eigenvalue weighted by atomic mass is 10.0. The largest absolute Gasteiger partial charge is 0.480 e. The Labute approximate surface area is 110 Å². The van der Waals surface area contributed by atoms with Crippen LogP contribution in [0, 0.1) is 12.8 Å². The Morgan fingerprint density at radius 1 is 1.44 bits per heavy atom. The summed E-state index contributed by atoms with van der Waals surface area (Å²) in [5, 5.41) is 15.6. The van der Waals surface area contributed by atoms with Crippen LogP contribution in [0.3, 0.4) is 0 Å². The molecule has 1 amide bonds. The number of aliphatic carboxylic acids is 1. The average Bonchev–Trinajstić information content (AvgIpc) is 2.52. The average molecular weight is 274 g/mol. The number of nitrogens with zero attached hydrogens (tertiary/aromatic N) is 2. The van der Waals surface area contributed by atoms with E-state index in [1.54, 1.807) is 27.8 Å². The van der Waals surface area contributed by atoms with Gasteiger partial charge in [0.1, 0.15) is 6.04 Å². The van der Waals surface area contributed by atoms with Crippen LogP contribution in [0.15, 0.2) is 0 Å². The molecule has 0 saturated heterocycles. The summed E-state index contributed by atoms with van der Waals surface area (Å²) in [5.74, 6) is -1.89. The number of nitrogens with one attached hydrogen (secondary N) is 1. The normalized spacial score (nSPS) is 12.6. The van der Waals surface area contributed by atoms with Gasteiger partial charge >= 0.3 is 5.97 Å². The molecule has 0 aliphatic carbocycles. The predicted molar refractivity (Wildman–Crippen MR) is 66.7 cm³/mol. The zero-order chi connectivity index (χ0) is 14.0. The van der Waals surface area contributed by atoms with Gasteiger partial charge in [0.2, 0.25) is 0 Å². The number of carboxylic acids is 1. The van der Waals surface area contributed by atoms with Crippen molar-refractivity contribution in [1.82, 2.24) is 15.1 Å². The number of aryl methyl sites for hydroxylation is 1. The van der Waals surface area contributed by atoms with Crippen molar-refractivity contribution in [3.63, 3.8) is 0 Å². The van der Waals surface area contributed by atoms with Crippen LogP contribution in [0.5, 0.6) is 0 Å². The van der Waals surface area contributed by atoms with E-state index < -0.39 is 17.9 Å². The third kappa shape index (κ3) is 2.81. The van der Waals surface area contributed by atoms with Crippen LogP contribution in [0.25, 0.3) is 0 Å². The summed E-state index contributed by atoms with van der Waals surface area (Å²) in [6.07, 6.45) is 0. The van der Waals surface area contributed by atoms with Crippen molar-refractivity contribution in [2.24, 2.45) is 13.0 Å². The van der Waals surface area contributed by atoms with Gasteiger partial charge in [-0.1, -0.05) is 25.4 Å². The molecule has 6 nitrogen and oxygen atoms in total. The summed E-state index contributed by atoms with van der Waals surface area (Å²) >= 11 is 5.96. The number of hydrogen-bond donors (Lipinski definition) is 2.